The van der Waals surface area contributed by atoms with E-state index in [0.717, 1.165) is 34.6 Å². The number of nitrogen functional groups attached to an aromatic ring is 1. The molecule has 0 aliphatic carbocycles. The highest BCUT2D eigenvalue weighted by atomic mass is 32.1. The minimum absolute atomic E-state index is 0.577. The van der Waals surface area contributed by atoms with Gasteiger partial charge in [0.15, 0.2) is 0 Å². The van der Waals surface area contributed by atoms with E-state index >= 15 is 0 Å². The van der Waals surface area contributed by atoms with Crippen LogP contribution in [0.15, 0.2) is 30.6 Å². The summed E-state index contributed by atoms with van der Waals surface area (Å²) >= 11 is 1.70. The fourth-order valence-corrected chi connectivity index (χ4v) is 3.11. The number of nitrogens with two attached hydrogens (primary N) is 1. The zero-order valence-corrected chi connectivity index (χ0v) is 11.4. The molecule has 0 amide bonds. The van der Waals surface area contributed by atoms with Gasteiger partial charge in [0.2, 0.25) is 0 Å². The van der Waals surface area contributed by atoms with E-state index in [1.54, 1.807) is 11.3 Å². The number of hydrogen-bond acceptors (Lipinski definition) is 5. The summed E-state index contributed by atoms with van der Waals surface area (Å²) in [5.74, 6) is 0.577. The number of nitrogens with zero attached hydrogens (tertiary/aromatic N) is 3. The zero-order valence-electron chi connectivity index (χ0n) is 10.6. The Labute approximate surface area is 115 Å². The number of anilines is 1. The van der Waals surface area contributed by atoms with Gasteiger partial charge in [0.25, 0.3) is 0 Å². The monoisotopic (exact) mass is 270 g/mol. The van der Waals surface area contributed by atoms with E-state index in [0.29, 0.717) is 5.82 Å². The second-order valence-corrected chi connectivity index (χ2v) is 5.41. The first-order valence-corrected chi connectivity index (χ1v) is 7.02. The van der Waals surface area contributed by atoms with Gasteiger partial charge in [0.05, 0.1) is 20.9 Å². The van der Waals surface area contributed by atoms with Crippen LogP contribution in [0.25, 0.3) is 10.2 Å². The van der Waals surface area contributed by atoms with Crippen molar-refractivity contribution in [3.05, 3.63) is 46.9 Å². The number of thiazole rings is 1. The summed E-state index contributed by atoms with van der Waals surface area (Å²) in [4.78, 5) is 13.0. The Kier molecular flexibility index (Phi) is 3.13. The van der Waals surface area contributed by atoms with Gasteiger partial charge in [-0.05, 0) is 18.6 Å². The third-order valence-corrected chi connectivity index (χ3v) is 4.11. The predicted octanol–water partition coefficient (Wildman–Crippen LogP) is 2.82. The van der Waals surface area contributed by atoms with Gasteiger partial charge in [0.1, 0.15) is 12.1 Å². The molecule has 2 N–H and O–H groups in total. The summed E-state index contributed by atoms with van der Waals surface area (Å²) in [7, 11) is 0. The Morgan fingerprint density at radius 3 is 2.84 bits per heavy atom. The highest BCUT2D eigenvalue weighted by Crippen LogP contribution is 2.24. The molecule has 0 saturated carbocycles. The smallest absolute Gasteiger partial charge is 0.130 e. The Hall–Kier alpha value is -2.01. The van der Waals surface area contributed by atoms with Crippen LogP contribution in [0.2, 0.25) is 0 Å². The van der Waals surface area contributed by atoms with Gasteiger partial charge in [-0.15, -0.1) is 11.3 Å². The molecule has 5 heteroatoms. The predicted molar refractivity (Wildman–Crippen MR) is 78.2 cm³/mol. The van der Waals surface area contributed by atoms with E-state index in [1.807, 2.05) is 18.2 Å². The number of hydrogen-bond donors (Lipinski definition) is 1. The van der Waals surface area contributed by atoms with E-state index < -0.39 is 0 Å². The minimum atomic E-state index is 0.577. The molecule has 2 heterocycles. The van der Waals surface area contributed by atoms with Crippen molar-refractivity contribution >= 4 is 27.4 Å². The lowest BCUT2D eigenvalue weighted by Gasteiger charge is -2.06. The van der Waals surface area contributed by atoms with Gasteiger partial charge in [-0.3, -0.25) is 0 Å². The summed E-state index contributed by atoms with van der Waals surface area (Å²) in [5, 5.41) is 1.06. The molecular formula is C14H14N4S. The first-order chi connectivity index (χ1) is 9.28. The van der Waals surface area contributed by atoms with Crippen molar-refractivity contribution in [3.8, 4) is 0 Å². The quantitative estimate of drug-likeness (QED) is 0.794. The molecule has 2 aromatic heterocycles. The van der Waals surface area contributed by atoms with Gasteiger partial charge >= 0.3 is 0 Å². The molecule has 0 aliphatic rings. The van der Waals surface area contributed by atoms with Gasteiger partial charge in [-0.2, -0.15) is 0 Å². The van der Waals surface area contributed by atoms with Crippen molar-refractivity contribution in [3.63, 3.8) is 0 Å². The van der Waals surface area contributed by atoms with Crippen LogP contribution in [0.4, 0.5) is 5.82 Å². The normalized spacial score (nSPS) is 11.0. The average Bonchev–Trinajstić information content (AvgIpc) is 2.81. The number of benzene rings is 1. The molecular weight excluding hydrogens is 256 g/mol. The number of rotatable bonds is 3. The van der Waals surface area contributed by atoms with Crippen LogP contribution in [0.3, 0.4) is 0 Å². The second kappa shape index (κ2) is 4.93. The fraction of sp³-hybridized carbons (Fsp3) is 0.214. The molecule has 96 valence electrons. The molecule has 3 rings (SSSR count). The highest BCUT2D eigenvalue weighted by Gasteiger charge is 2.11. The minimum Gasteiger partial charge on any atom is -0.383 e. The third-order valence-electron chi connectivity index (χ3n) is 3.08. The first kappa shape index (κ1) is 12.0. The van der Waals surface area contributed by atoms with Gasteiger partial charge < -0.3 is 5.73 Å². The molecule has 3 aromatic rings. The SMILES string of the molecule is CCc1c(N)ncnc1Cc1nc2ccccc2s1. The van der Waals surface area contributed by atoms with Crippen molar-refractivity contribution in [1.82, 2.24) is 15.0 Å². The summed E-state index contributed by atoms with van der Waals surface area (Å²) in [6.07, 6.45) is 3.08. The highest BCUT2D eigenvalue weighted by molar-refractivity contribution is 7.18. The van der Waals surface area contributed by atoms with Crippen LogP contribution < -0.4 is 5.73 Å². The van der Waals surface area contributed by atoms with E-state index in [-0.39, 0.29) is 0 Å². The number of aromatic nitrogens is 3. The molecule has 0 saturated heterocycles. The molecule has 0 atom stereocenters. The topological polar surface area (TPSA) is 64.7 Å². The van der Waals surface area contributed by atoms with Crippen LogP contribution in [0.1, 0.15) is 23.2 Å². The Bertz CT molecular complexity index is 687. The maximum Gasteiger partial charge on any atom is 0.130 e. The Balaban J connectivity index is 1.99. The zero-order chi connectivity index (χ0) is 13.2. The molecule has 1 aromatic carbocycles. The van der Waals surface area contributed by atoms with Crippen molar-refractivity contribution < 1.29 is 0 Å². The lowest BCUT2D eigenvalue weighted by Crippen LogP contribution is -2.04. The summed E-state index contributed by atoms with van der Waals surface area (Å²) in [5.41, 5.74) is 8.95. The van der Waals surface area contributed by atoms with Crippen LogP contribution in [0.5, 0.6) is 0 Å². The molecule has 0 bridgehead atoms. The lowest BCUT2D eigenvalue weighted by molar-refractivity contribution is 0.952. The molecule has 19 heavy (non-hydrogen) atoms. The van der Waals surface area contributed by atoms with Crippen LogP contribution >= 0.6 is 11.3 Å². The third kappa shape index (κ3) is 2.29. The summed E-state index contributed by atoms with van der Waals surface area (Å²) < 4.78 is 1.21. The maximum atomic E-state index is 5.89. The van der Waals surface area contributed by atoms with E-state index in [4.69, 9.17) is 5.73 Å². The van der Waals surface area contributed by atoms with Gasteiger partial charge in [-0.25, -0.2) is 15.0 Å². The summed E-state index contributed by atoms with van der Waals surface area (Å²) in [6.45, 7) is 2.07. The molecule has 0 aliphatic heterocycles. The molecule has 0 fully saturated rings. The Morgan fingerprint density at radius 1 is 1.21 bits per heavy atom. The second-order valence-electron chi connectivity index (χ2n) is 4.29. The largest absolute Gasteiger partial charge is 0.383 e. The van der Waals surface area contributed by atoms with Gasteiger partial charge in [0, 0.05) is 12.0 Å². The molecule has 0 unspecified atom stereocenters. The lowest BCUT2D eigenvalue weighted by atomic mass is 10.1. The van der Waals surface area contributed by atoms with Gasteiger partial charge in [-0.1, -0.05) is 19.1 Å². The molecule has 0 radical (unpaired) electrons. The molecule has 4 nitrogen and oxygen atoms in total. The van der Waals surface area contributed by atoms with E-state index in [1.165, 1.54) is 11.0 Å². The number of para-hydroxylation sites is 1. The van der Waals surface area contributed by atoms with Crippen LogP contribution in [-0.2, 0) is 12.8 Å². The Morgan fingerprint density at radius 2 is 2.05 bits per heavy atom. The van der Waals surface area contributed by atoms with E-state index in [2.05, 4.69) is 27.9 Å². The van der Waals surface area contributed by atoms with Crippen molar-refractivity contribution in [1.29, 1.82) is 0 Å². The number of fused-ring (bicyclic) bond motifs is 1. The maximum absolute atomic E-state index is 5.89. The standard InChI is InChI=1S/C14H14N4S/c1-2-9-11(16-8-17-14(9)15)7-13-18-10-5-3-4-6-12(10)19-13/h3-6,8H,2,7H2,1H3,(H2,15,16,17). The van der Waals surface area contributed by atoms with Crippen molar-refractivity contribution in [2.24, 2.45) is 0 Å². The first-order valence-electron chi connectivity index (χ1n) is 6.20. The van der Waals surface area contributed by atoms with Crippen molar-refractivity contribution in [2.45, 2.75) is 19.8 Å². The average molecular weight is 270 g/mol. The fourth-order valence-electron chi connectivity index (χ4n) is 2.14. The summed E-state index contributed by atoms with van der Waals surface area (Å²) in [6, 6.07) is 8.16. The van der Waals surface area contributed by atoms with Crippen LogP contribution in [0, 0.1) is 0 Å². The van der Waals surface area contributed by atoms with Crippen molar-refractivity contribution in [2.75, 3.05) is 5.73 Å². The van der Waals surface area contributed by atoms with E-state index in [9.17, 15) is 0 Å². The van der Waals surface area contributed by atoms with Crippen LogP contribution in [-0.4, -0.2) is 15.0 Å². The molecule has 0 spiro atoms.